The van der Waals surface area contributed by atoms with Crippen LogP contribution in [0.4, 0.5) is 5.82 Å². The molecule has 4 nitrogen and oxygen atoms in total. The van der Waals surface area contributed by atoms with Gasteiger partial charge in [0.05, 0.1) is 0 Å². The first-order valence-electron chi connectivity index (χ1n) is 7.41. The van der Waals surface area contributed by atoms with Crippen molar-refractivity contribution in [3.05, 3.63) is 41.2 Å². The van der Waals surface area contributed by atoms with E-state index in [0.29, 0.717) is 17.6 Å². The molecule has 0 bridgehead atoms. The number of anilines is 1. The van der Waals surface area contributed by atoms with E-state index in [-0.39, 0.29) is 0 Å². The molecule has 1 aromatic carbocycles. The second-order valence-corrected chi connectivity index (χ2v) is 5.58. The smallest absolute Gasteiger partial charge is 0.224 e. The molecule has 112 valence electrons. The van der Waals surface area contributed by atoms with Crippen molar-refractivity contribution in [3.8, 4) is 11.6 Å². The van der Waals surface area contributed by atoms with Gasteiger partial charge in [-0.1, -0.05) is 32.9 Å². The minimum absolute atomic E-state index is 0.445. The molecule has 0 atom stereocenters. The van der Waals surface area contributed by atoms with E-state index in [9.17, 15) is 0 Å². The van der Waals surface area contributed by atoms with E-state index in [0.717, 1.165) is 30.0 Å². The summed E-state index contributed by atoms with van der Waals surface area (Å²) in [6.45, 7) is 8.44. The molecule has 1 heterocycles. The maximum Gasteiger partial charge on any atom is 0.224 e. The fraction of sp³-hybridized carbons (Fsp3) is 0.412. The number of nitrogen functional groups attached to an aromatic ring is 1. The molecule has 0 amide bonds. The number of aryl methyl sites for hydroxylation is 2. The average Bonchev–Trinajstić information content (AvgIpc) is 2.40. The summed E-state index contributed by atoms with van der Waals surface area (Å²) in [6.07, 6.45) is 1.77. The molecule has 2 aromatic rings. The Balaban J connectivity index is 2.31. The SMILES string of the molecule is CCCc1nc(N)cc(Oc2cc(C(C)C)ccc2C)n1. The fourth-order valence-electron chi connectivity index (χ4n) is 2.08. The van der Waals surface area contributed by atoms with Gasteiger partial charge in [0, 0.05) is 12.5 Å². The topological polar surface area (TPSA) is 61.0 Å². The van der Waals surface area contributed by atoms with Crippen LogP contribution >= 0.6 is 0 Å². The van der Waals surface area contributed by atoms with Crippen molar-refractivity contribution in [3.63, 3.8) is 0 Å². The Morgan fingerprint density at radius 2 is 1.95 bits per heavy atom. The molecule has 4 heteroatoms. The molecule has 0 saturated carbocycles. The molecule has 0 radical (unpaired) electrons. The molecule has 2 rings (SSSR count). The van der Waals surface area contributed by atoms with Crippen molar-refractivity contribution in [2.24, 2.45) is 0 Å². The third-order valence-corrected chi connectivity index (χ3v) is 3.34. The van der Waals surface area contributed by atoms with Crippen molar-refractivity contribution >= 4 is 5.82 Å². The summed E-state index contributed by atoms with van der Waals surface area (Å²) in [5.74, 6) is 2.96. The van der Waals surface area contributed by atoms with Gasteiger partial charge in [-0.05, 0) is 36.5 Å². The van der Waals surface area contributed by atoms with Crippen molar-refractivity contribution in [2.75, 3.05) is 5.73 Å². The number of nitrogens with zero attached hydrogens (tertiary/aromatic N) is 2. The van der Waals surface area contributed by atoms with Crippen molar-refractivity contribution in [2.45, 2.75) is 46.5 Å². The number of nitrogens with two attached hydrogens (primary N) is 1. The highest BCUT2D eigenvalue weighted by atomic mass is 16.5. The number of benzene rings is 1. The molecule has 0 aliphatic heterocycles. The van der Waals surface area contributed by atoms with Crippen LogP contribution in [0.2, 0.25) is 0 Å². The summed E-state index contributed by atoms with van der Waals surface area (Å²) in [5, 5.41) is 0. The highest BCUT2D eigenvalue weighted by Crippen LogP contribution is 2.28. The molecular formula is C17H23N3O. The lowest BCUT2D eigenvalue weighted by Gasteiger charge is -2.12. The van der Waals surface area contributed by atoms with Crippen LogP contribution in [0.1, 0.15) is 50.1 Å². The van der Waals surface area contributed by atoms with Crippen LogP contribution < -0.4 is 10.5 Å². The summed E-state index contributed by atoms with van der Waals surface area (Å²) in [5.41, 5.74) is 8.15. The first-order chi connectivity index (χ1) is 9.99. The van der Waals surface area contributed by atoms with E-state index >= 15 is 0 Å². The Morgan fingerprint density at radius 1 is 1.19 bits per heavy atom. The van der Waals surface area contributed by atoms with E-state index in [4.69, 9.17) is 10.5 Å². The van der Waals surface area contributed by atoms with Crippen molar-refractivity contribution in [1.82, 2.24) is 9.97 Å². The van der Waals surface area contributed by atoms with E-state index in [1.54, 1.807) is 6.07 Å². The van der Waals surface area contributed by atoms with Crippen LogP contribution in [-0.4, -0.2) is 9.97 Å². The van der Waals surface area contributed by atoms with Gasteiger partial charge >= 0.3 is 0 Å². The summed E-state index contributed by atoms with van der Waals surface area (Å²) in [7, 11) is 0. The molecule has 0 fully saturated rings. The largest absolute Gasteiger partial charge is 0.439 e. The maximum absolute atomic E-state index is 5.94. The molecule has 21 heavy (non-hydrogen) atoms. The van der Waals surface area contributed by atoms with Gasteiger partial charge in [0.1, 0.15) is 17.4 Å². The van der Waals surface area contributed by atoms with Crippen LogP contribution in [0.25, 0.3) is 0 Å². The average molecular weight is 285 g/mol. The zero-order valence-corrected chi connectivity index (χ0v) is 13.2. The lowest BCUT2D eigenvalue weighted by atomic mass is 10.0. The van der Waals surface area contributed by atoms with Crippen LogP contribution in [0, 0.1) is 6.92 Å². The molecule has 0 aliphatic carbocycles. The molecule has 0 spiro atoms. The van der Waals surface area contributed by atoms with Crippen LogP contribution in [0.3, 0.4) is 0 Å². The Morgan fingerprint density at radius 3 is 2.62 bits per heavy atom. The highest BCUT2D eigenvalue weighted by Gasteiger charge is 2.09. The van der Waals surface area contributed by atoms with Gasteiger partial charge in [-0.15, -0.1) is 0 Å². The van der Waals surface area contributed by atoms with E-state index in [1.807, 2.05) is 6.92 Å². The van der Waals surface area contributed by atoms with Crippen LogP contribution in [0.5, 0.6) is 11.6 Å². The molecule has 0 saturated heterocycles. The minimum Gasteiger partial charge on any atom is -0.439 e. The Kier molecular flexibility index (Phi) is 4.78. The number of aromatic nitrogens is 2. The number of rotatable bonds is 5. The standard InChI is InChI=1S/C17H23N3O/c1-5-6-16-19-15(18)10-17(20-16)21-14-9-13(11(2)3)8-7-12(14)4/h7-11H,5-6H2,1-4H3,(H2,18,19,20). The van der Waals surface area contributed by atoms with Gasteiger partial charge in [-0.2, -0.15) is 4.98 Å². The second kappa shape index (κ2) is 6.57. The minimum atomic E-state index is 0.445. The quantitative estimate of drug-likeness (QED) is 0.892. The summed E-state index contributed by atoms with van der Waals surface area (Å²) < 4.78 is 5.94. The molecule has 0 unspecified atom stereocenters. The van der Waals surface area contributed by atoms with Crippen molar-refractivity contribution in [1.29, 1.82) is 0 Å². The molecule has 1 aromatic heterocycles. The van der Waals surface area contributed by atoms with Gasteiger partial charge < -0.3 is 10.5 Å². The first kappa shape index (κ1) is 15.3. The predicted octanol–water partition coefficient (Wildman–Crippen LogP) is 4.24. The van der Waals surface area contributed by atoms with Gasteiger partial charge in [0.15, 0.2) is 0 Å². The Bertz CT molecular complexity index is 623. The highest BCUT2D eigenvalue weighted by molar-refractivity contribution is 5.41. The lowest BCUT2D eigenvalue weighted by molar-refractivity contribution is 0.454. The van der Waals surface area contributed by atoms with Gasteiger partial charge in [-0.3, -0.25) is 0 Å². The summed E-state index contributed by atoms with van der Waals surface area (Å²) >= 11 is 0. The number of ether oxygens (including phenoxy) is 1. The first-order valence-corrected chi connectivity index (χ1v) is 7.41. The predicted molar refractivity (Wildman–Crippen MR) is 85.8 cm³/mol. The maximum atomic E-state index is 5.94. The Hall–Kier alpha value is -2.10. The van der Waals surface area contributed by atoms with Gasteiger partial charge in [0.2, 0.25) is 5.88 Å². The molecule has 2 N–H and O–H groups in total. The monoisotopic (exact) mass is 285 g/mol. The molecule has 0 aliphatic rings. The van der Waals surface area contributed by atoms with E-state index in [2.05, 4.69) is 48.9 Å². The van der Waals surface area contributed by atoms with E-state index in [1.165, 1.54) is 5.56 Å². The van der Waals surface area contributed by atoms with Crippen molar-refractivity contribution < 1.29 is 4.74 Å². The number of hydrogen-bond donors (Lipinski definition) is 1. The third-order valence-electron chi connectivity index (χ3n) is 3.34. The van der Waals surface area contributed by atoms with Crippen LogP contribution in [0.15, 0.2) is 24.3 Å². The zero-order chi connectivity index (χ0) is 15.4. The summed E-state index contributed by atoms with van der Waals surface area (Å²) in [4.78, 5) is 8.64. The van der Waals surface area contributed by atoms with E-state index < -0.39 is 0 Å². The van der Waals surface area contributed by atoms with Crippen LogP contribution in [-0.2, 0) is 6.42 Å². The lowest BCUT2D eigenvalue weighted by Crippen LogP contribution is -2.02. The number of hydrogen-bond acceptors (Lipinski definition) is 4. The second-order valence-electron chi connectivity index (χ2n) is 5.58. The fourth-order valence-corrected chi connectivity index (χ4v) is 2.08. The third kappa shape index (κ3) is 3.94. The summed E-state index contributed by atoms with van der Waals surface area (Å²) in [6, 6.07) is 7.93. The van der Waals surface area contributed by atoms with Gasteiger partial charge in [0.25, 0.3) is 0 Å². The zero-order valence-electron chi connectivity index (χ0n) is 13.2. The normalized spacial score (nSPS) is 10.9. The Labute approximate surface area is 126 Å². The van der Waals surface area contributed by atoms with Gasteiger partial charge in [-0.25, -0.2) is 4.98 Å². The molecular weight excluding hydrogens is 262 g/mol.